The minimum absolute atomic E-state index is 0.0142. The molecule has 7 heteroatoms. The van der Waals surface area contributed by atoms with Crippen LogP contribution >= 0.6 is 23.4 Å². The molecule has 3 atom stereocenters. The summed E-state index contributed by atoms with van der Waals surface area (Å²) < 4.78 is 5.73. The second-order valence-electron chi connectivity index (χ2n) is 10.0. The zero-order valence-electron chi connectivity index (χ0n) is 22.8. The average molecular weight is 571 g/mol. The Kier molecular flexibility index (Phi) is 12.3. The lowest BCUT2D eigenvalue weighted by atomic mass is 9.83. The zero-order valence-corrected chi connectivity index (χ0v) is 24.3. The Bertz CT molecular complexity index is 1160. The molecule has 1 aliphatic carbocycles. The second-order valence-corrected chi connectivity index (χ2v) is 11.5. The van der Waals surface area contributed by atoms with Crippen molar-refractivity contribution in [3.8, 4) is 5.75 Å². The summed E-state index contributed by atoms with van der Waals surface area (Å²) >= 11 is 7.24. The number of unbranched alkanes of at least 4 members (excludes halogenated alkanes) is 4. The lowest BCUT2D eigenvalue weighted by Crippen LogP contribution is -2.42. The van der Waals surface area contributed by atoms with E-state index in [-0.39, 0.29) is 11.6 Å². The molecule has 0 fully saturated rings. The number of ketones is 2. The van der Waals surface area contributed by atoms with E-state index in [2.05, 4.69) is 6.92 Å². The van der Waals surface area contributed by atoms with Crippen LogP contribution in [0.4, 0.5) is 0 Å². The van der Waals surface area contributed by atoms with Crippen LogP contribution in [0.3, 0.4) is 0 Å². The fourth-order valence-electron chi connectivity index (χ4n) is 4.66. The summed E-state index contributed by atoms with van der Waals surface area (Å²) in [6, 6.07) is 14.4. The van der Waals surface area contributed by atoms with E-state index in [0.717, 1.165) is 31.2 Å². The minimum atomic E-state index is -1.55. The number of aliphatic hydroxyl groups excluding tert-OH is 1. The number of carbonyl (C=O) groups is 2. The topological polar surface area (TPSA) is 83.8 Å². The van der Waals surface area contributed by atoms with Crippen molar-refractivity contribution in [2.75, 3.05) is 6.61 Å². The van der Waals surface area contributed by atoms with Gasteiger partial charge in [-0.15, -0.1) is 11.8 Å². The molecule has 2 N–H and O–H groups in total. The van der Waals surface area contributed by atoms with Crippen molar-refractivity contribution in [1.29, 1.82) is 0 Å². The number of ether oxygens (including phenoxy) is 1. The van der Waals surface area contributed by atoms with Crippen molar-refractivity contribution in [3.63, 3.8) is 0 Å². The molecule has 0 heterocycles. The Morgan fingerprint density at radius 1 is 1.15 bits per heavy atom. The number of rotatable bonds is 16. The highest BCUT2D eigenvalue weighted by atomic mass is 35.5. The lowest BCUT2D eigenvalue weighted by Gasteiger charge is -2.29. The first-order valence-corrected chi connectivity index (χ1v) is 15.1. The summed E-state index contributed by atoms with van der Waals surface area (Å²) in [5.41, 5.74) is -0.0156. The van der Waals surface area contributed by atoms with Crippen molar-refractivity contribution >= 4 is 34.9 Å². The highest BCUT2D eigenvalue weighted by Gasteiger charge is 2.48. The molecular weight excluding hydrogens is 532 g/mol. The van der Waals surface area contributed by atoms with Gasteiger partial charge < -0.3 is 14.9 Å². The zero-order chi connectivity index (χ0) is 28.3. The van der Waals surface area contributed by atoms with Gasteiger partial charge >= 0.3 is 0 Å². The predicted octanol–water partition coefficient (Wildman–Crippen LogP) is 7.34. The van der Waals surface area contributed by atoms with Gasteiger partial charge in [-0.2, -0.15) is 0 Å². The second kappa shape index (κ2) is 15.4. The molecule has 0 aromatic heterocycles. The smallest absolute Gasteiger partial charge is 0.178 e. The van der Waals surface area contributed by atoms with Crippen molar-refractivity contribution in [2.45, 2.75) is 76.3 Å². The Morgan fingerprint density at radius 2 is 1.92 bits per heavy atom. The summed E-state index contributed by atoms with van der Waals surface area (Å²) in [4.78, 5) is 25.7. The molecule has 0 saturated heterocycles. The molecule has 0 amide bonds. The molecule has 39 heavy (non-hydrogen) atoms. The summed E-state index contributed by atoms with van der Waals surface area (Å²) in [6.45, 7) is 4.05. The fraction of sp³-hybridized carbons (Fsp3) is 0.438. The Morgan fingerprint density at radius 3 is 2.64 bits per heavy atom. The SMILES string of the molecule is CCCCCC/C=C/C1(O)C=C(SCc2cccc(C(C)=O)c2)C(=O)C1C(O)CCCOc1ccc(Cl)cc1. The molecule has 5 nitrogen and oxygen atoms in total. The number of thioether (sulfide) groups is 1. The molecular formula is C32H39ClO5S. The molecule has 210 valence electrons. The third kappa shape index (κ3) is 9.35. The standard InChI is InChI=1S/C32H39ClO5S/c1-3-4-5-6-7-8-18-32(37)21-29(39-22-24-11-9-12-25(20-24)23(2)34)31(36)30(32)28(35)13-10-19-38-27-16-14-26(33)15-17-27/h8-9,11-12,14-18,20-21,28,30,35,37H,3-7,10,13,19,22H2,1-2H3/b18-8+. The summed E-state index contributed by atoms with van der Waals surface area (Å²) in [6.07, 6.45) is 10.3. The Balaban J connectivity index is 1.66. The minimum Gasteiger partial charge on any atom is -0.494 e. The van der Waals surface area contributed by atoms with Gasteiger partial charge in [0.15, 0.2) is 11.6 Å². The first-order chi connectivity index (χ1) is 18.7. The average Bonchev–Trinajstić information content (AvgIpc) is 3.17. The van der Waals surface area contributed by atoms with Crippen molar-refractivity contribution in [2.24, 2.45) is 5.92 Å². The molecule has 0 bridgehead atoms. The van der Waals surface area contributed by atoms with Crippen LogP contribution in [0, 0.1) is 5.92 Å². The largest absolute Gasteiger partial charge is 0.494 e. The van der Waals surface area contributed by atoms with Crippen molar-refractivity contribution in [1.82, 2.24) is 0 Å². The van der Waals surface area contributed by atoms with Crippen LogP contribution in [0.1, 0.15) is 74.7 Å². The van der Waals surface area contributed by atoms with Crippen LogP contribution in [-0.2, 0) is 10.5 Å². The molecule has 3 rings (SSSR count). The van der Waals surface area contributed by atoms with Gasteiger partial charge in [-0.05, 0) is 74.6 Å². The number of aliphatic hydroxyl groups is 2. The van der Waals surface area contributed by atoms with Gasteiger partial charge in [0.1, 0.15) is 11.4 Å². The summed E-state index contributed by atoms with van der Waals surface area (Å²) in [5, 5.41) is 23.3. The van der Waals surface area contributed by atoms with Crippen molar-refractivity contribution < 1.29 is 24.5 Å². The van der Waals surface area contributed by atoms with E-state index in [1.54, 1.807) is 42.5 Å². The fourth-order valence-corrected chi connectivity index (χ4v) is 5.83. The van der Waals surface area contributed by atoms with E-state index in [1.807, 2.05) is 24.3 Å². The number of hydrogen-bond acceptors (Lipinski definition) is 6. The van der Waals surface area contributed by atoms with E-state index in [1.165, 1.54) is 25.1 Å². The molecule has 1 aliphatic rings. The van der Waals surface area contributed by atoms with Gasteiger partial charge in [0.25, 0.3) is 0 Å². The van der Waals surface area contributed by atoms with E-state index in [0.29, 0.717) is 46.4 Å². The van der Waals surface area contributed by atoms with Crippen LogP contribution in [-0.4, -0.2) is 40.1 Å². The Hall–Kier alpha value is -2.38. The van der Waals surface area contributed by atoms with Crippen LogP contribution < -0.4 is 4.74 Å². The first-order valence-electron chi connectivity index (χ1n) is 13.7. The number of Topliss-reactive ketones (excluding diaryl/α,β-unsaturated/α-hetero) is 2. The Labute approximate surface area is 241 Å². The van der Waals surface area contributed by atoms with E-state index < -0.39 is 17.6 Å². The molecule has 0 spiro atoms. The van der Waals surface area contributed by atoms with Crippen LogP contribution in [0.2, 0.25) is 5.02 Å². The van der Waals surface area contributed by atoms with Gasteiger partial charge in [0.05, 0.1) is 23.5 Å². The third-order valence-electron chi connectivity index (χ3n) is 6.83. The number of halogens is 1. The molecule has 2 aromatic rings. The van der Waals surface area contributed by atoms with Crippen LogP contribution in [0.25, 0.3) is 0 Å². The van der Waals surface area contributed by atoms with E-state index in [9.17, 15) is 19.8 Å². The van der Waals surface area contributed by atoms with Gasteiger partial charge in [0.2, 0.25) is 0 Å². The van der Waals surface area contributed by atoms with Gasteiger partial charge in [-0.1, -0.05) is 68.1 Å². The van der Waals surface area contributed by atoms with Crippen LogP contribution in [0.5, 0.6) is 5.75 Å². The molecule has 0 aliphatic heterocycles. The van der Waals surface area contributed by atoms with E-state index >= 15 is 0 Å². The number of benzene rings is 2. The number of allylic oxidation sites excluding steroid dienone is 2. The van der Waals surface area contributed by atoms with Crippen LogP contribution in [0.15, 0.2) is 71.7 Å². The third-order valence-corrected chi connectivity index (χ3v) is 8.19. The first kappa shape index (κ1) is 31.2. The number of hydrogen-bond donors (Lipinski definition) is 2. The van der Waals surface area contributed by atoms with Gasteiger partial charge in [-0.25, -0.2) is 0 Å². The maximum atomic E-state index is 13.5. The monoisotopic (exact) mass is 570 g/mol. The molecule has 3 unspecified atom stereocenters. The maximum absolute atomic E-state index is 13.5. The molecule has 0 radical (unpaired) electrons. The van der Waals surface area contributed by atoms with E-state index in [4.69, 9.17) is 16.3 Å². The van der Waals surface area contributed by atoms with Gasteiger partial charge in [-0.3, -0.25) is 9.59 Å². The predicted molar refractivity (Wildman–Crippen MR) is 159 cm³/mol. The summed E-state index contributed by atoms with van der Waals surface area (Å²) in [5.74, 6) is -0.0899. The highest BCUT2D eigenvalue weighted by Crippen LogP contribution is 2.41. The van der Waals surface area contributed by atoms with Gasteiger partial charge in [0, 0.05) is 16.3 Å². The normalized spacial score (nSPS) is 19.9. The lowest BCUT2D eigenvalue weighted by molar-refractivity contribution is -0.127. The quantitative estimate of drug-likeness (QED) is 0.125. The maximum Gasteiger partial charge on any atom is 0.178 e. The number of carbonyl (C=O) groups excluding carboxylic acids is 2. The summed E-state index contributed by atoms with van der Waals surface area (Å²) in [7, 11) is 0. The highest BCUT2D eigenvalue weighted by molar-refractivity contribution is 8.03. The molecule has 0 saturated carbocycles. The molecule has 2 aromatic carbocycles. The van der Waals surface area contributed by atoms with Crippen molar-refractivity contribution in [3.05, 3.63) is 87.8 Å².